The van der Waals surface area contributed by atoms with Gasteiger partial charge in [-0.15, -0.1) is 0 Å². The van der Waals surface area contributed by atoms with Crippen LogP contribution in [-0.2, 0) is 15.7 Å². The summed E-state index contributed by atoms with van der Waals surface area (Å²) in [6.45, 7) is 3.61. The lowest BCUT2D eigenvalue weighted by atomic mass is 9.64. The molecule has 3 saturated carbocycles. The highest BCUT2D eigenvalue weighted by atomic mass is 35.5. The van der Waals surface area contributed by atoms with Gasteiger partial charge in [0.05, 0.1) is 51.5 Å². The first-order valence-electron chi connectivity index (χ1n) is 14.4. The van der Waals surface area contributed by atoms with E-state index in [1.807, 2.05) is 0 Å². The second kappa shape index (κ2) is 11.4. The average molecular weight is 647 g/mol. The highest BCUT2D eigenvalue weighted by Gasteiger charge is 2.65. The van der Waals surface area contributed by atoms with Gasteiger partial charge in [-0.25, -0.2) is 4.39 Å². The summed E-state index contributed by atoms with van der Waals surface area (Å²) in [6.07, 6.45) is -1.81. The molecule has 1 aromatic heterocycles. The van der Waals surface area contributed by atoms with Gasteiger partial charge in [0.1, 0.15) is 5.67 Å². The maximum atomic E-state index is 16.2. The number of amides is 1. The Morgan fingerprint density at radius 2 is 1.72 bits per heavy atom. The summed E-state index contributed by atoms with van der Waals surface area (Å²) in [5.74, 6) is -2.20. The van der Waals surface area contributed by atoms with E-state index in [0.29, 0.717) is 0 Å². The second-order valence-electron chi connectivity index (χ2n) is 12.5. The van der Waals surface area contributed by atoms with Crippen LogP contribution in [0.15, 0.2) is 24.4 Å². The SMILES string of the molecule is CCOC(=O)C1(C)CCC(n2ncc(C(=O)NC(CC(=O)c3c(Cl)cccc3Cl)C3(F)CC4(CC4)C3)c2C(F)(F)F)CC1. The van der Waals surface area contributed by atoms with Gasteiger partial charge < -0.3 is 10.1 Å². The van der Waals surface area contributed by atoms with Gasteiger partial charge in [0.2, 0.25) is 0 Å². The van der Waals surface area contributed by atoms with Crippen LogP contribution in [0.4, 0.5) is 17.6 Å². The topological polar surface area (TPSA) is 90.3 Å². The van der Waals surface area contributed by atoms with Gasteiger partial charge in [-0.2, -0.15) is 18.3 Å². The lowest BCUT2D eigenvalue weighted by molar-refractivity contribution is -0.157. The molecule has 1 aromatic carbocycles. The summed E-state index contributed by atoms with van der Waals surface area (Å²) in [6, 6.07) is 2.32. The lowest BCUT2D eigenvalue weighted by Gasteiger charge is -2.47. The number of aromatic nitrogens is 2. The first kappa shape index (κ1) is 31.8. The van der Waals surface area contributed by atoms with Crippen LogP contribution in [0.5, 0.6) is 0 Å². The molecule has 0 aliphatic heterocycles. The van der Waals surface area contributed by atoms with Crippen molar-refractivity contribution < 1.29 is 36.7 Å². The Balaban J connectivity index is 1.39. The quantitative estimate of drug-likeness (QED) is 0.173. The molecule has 7 nitrogen and oxygen atoms in total. The van der Waals surface area contributed by atoms with Crippen molar-refractivity contribution in [3.05, 3.63) is 51.3 Å². The highest BCUT2D eigenvalue weighted by Crippen LogP contribution is 2.67. The molecule has 1 amide bonds. The Kier molecular flexibility index (Phi) is 8.39. The fraction of sp³-hybridized carbons (Fsp3) is 0.600. The molecule has 1 atom stereocenters. The molecule has 1 spiro atoms. The fourth-order valence-corrected chi connectivity index (χ4v) is 7.31. The van der Waals surface area contributed by atoms with Crippen molar-refractivity contribution in [2.24, 2.45) is 10.8 Å². The molecule has 2 aromatic rings. The number of carbonyl (C=O) groups is 3. The summed E-state index contributed by atoms with van der Waals surface area (Å²) in [5.41, 5.74) is -5.03. The first-order chi connectivity index (χ1) is 20.1. The monoisotopic (exact) mass is 645 g/mol. The number of hydrogen-bond acceptors (Lipinski definition) is 5. The van der Waals surface area contributed by atoms with Crippen LogP contribution in [0.1, 0.15) is 104 Å². The van der Waals surface area contributed by atoms with Gasteiger partial charge in [-0.3, -0.25) is 19.1 Å². The van der Waals surface area contributed by atoms with Crippen molar-refractivity contribution in [3.63, 3.8) is 0 Å². The highest BCUT2D eigenvalue weighted by molar-refractivity contribution is 6.39. The van der Waals surface area contributed by atoms with Crippen molar-refractivity contribution in [2.45, 2.75) is 95.6 Å². The number of halogens is 6. The van der Waals surface area contributed by atoms with Crippen LogP contribution in [0, 0.1) is 10.8 Å². The molecule has 1 N–H and O–H groups in total. The molecular weight excluding hydrogens is 613 g/mol. The minimum absolute atomic E-state index is 0.0370. The number of benzene rings is 1. The van der Waals surface area contributed by atoms with Crippen LogP contribution in [0.2, 0.25) is 10.0 Å². The molecule has 0 bridgehead atoms. The number of nitrogens with one attached hydrogen (secondary N) is 1. The lowest BCUT2D eigenvalue weighted by Crippen LogP contribution is -2.58. The molecule has 3 fully saturated rings. The van der Waals surface area contributed by atoms with E-state index < -0.39 is 64.7 Å². The normalized spacial score (nSPS) is 24.6. The summed E-state index contributed by atoms with van der Waals surface area (Å²) >= 11 is 12.4. The number of alkyl halides is 4. The van der Waals surface area contributed by atoms with Gasteiger partial charge >= 0.3 is 12.1 Å². The zero-order valence-corrected chi connectivity index (χ0v) is 25.3. The number of ether oxygens (including phenoxy) is 1. The minimum atomic E-state index is -4.95. The number of Topliss-reactive ketones (excluding diaryl/α,β-unsaturated/α-hetero) is 1. The molecule has 3 aliphatic rings. The van der Waals surface area contributed by atoms with E-state index in [1.165, 1.54) is 12.1 Å². The number of hydrogen-bond donors (Lipinski definition) is 1. The maximum absolute atomic E-state index is 16.2. The summed E-state index contributed by atoms with van der Waals surface area (Å²) in [7, 11) is 0. The molecule has 13 heteroatoms. The zero-order valence-electron chi connectivity index (χ0n) is 23.8. The smallest absolute Gasteiger partial charge is 0.433 e. The Hall–Kier alpha value is -2.66. The fourth-order valence-electron chi connectivity index (χ4n) is 6.70. The van der Waals surface area contributed by atoms with E-state index in [-0.39, 0.29) is 66.2 Å². The van der Waals surface area contributed by atoms with Gasteiger partial charge in [0.15, 0.2) is 11.5 Å². The van der Waals surface area contributed by atoms with Gasteiger partial charge in [0, 0.05) is 6.42 Å². The number of nitrogens with zero attached hydrogens (tertiary/aromatic N) is 2. The van der Waals surface area contributed by atoms with Crippen LogP contribution in [-0.4, -0.2) is 45.8 Å². The Bertz CT molecular complexity index is 1400. The van der Waals surface area contributed by atoms with E-state index in [0.717, 1.165) is 23.7 Å². The van der Waals surface area contributed by atoms with Crippen LogP contribution in [0.3, 0.4) is 0 Å². The molecule has 0 radical (unpaired) electrons. The maximum Gasteiger partial charge on any atom is 0.433 e. The van der Waals surface area contributed by atoms with E-state index in [2.05, 4.69) is 10.4 Å². The van der Waals surface area contributed by atoms with E-state index in [4.69, 9.17) is 27.9 Å². The molecule has 5 rings (SSSR count). The predicted octanol–water partition coefficient (Wildman–Crippen LogP) is 7.55. The molecular formula is C30H33Cl2F4N3O4. The molecule has 43 heavy (non-hydrogen) atoms. The van der Waals surface area contributed by atoms with E-state index in [9.17, 15) is 27.6 Å². The van der Waals surface area contributed by atoms with Crippen LogP contribution < -0.4 is 5.32 Å². The standard InChI is InChI=1S/C30H33Cl2F4N3O4/c1-3-43-26(42)27(2)9-7-17(8-10-27)39-24(30(34,35)36)18(14-37-39)25(41)38-22(29(33)15-28(16-29)11-12-28)13-21(40)23-19(31)5-4-6-20(23)32/h4-6,14,17,22H,3,7-13,15-16H2,1-2H3,(H,38,41). The largest absolute Gasteiger partial charge is 0.466 e. The summed E-state index contributed by atoms with van der Waals surface area (Å²) in [4.78, 5) is 39.1. The Morgan fingerprint density at radius 3 is 2.26 bits per heavy atom. The molecule has 0 saturated heterocycles. The average Bonchev–Trinajstić information content (AvgIpc) is 3.54. The zero-order chi connectivity index (χ0) is 31.4. The molecule has 234 valence electrons. The number of rotatable bonds is 9. The van der Waals surface area contributed by atoms with Crippen LogP contribution in [0.25, 0.3) is 0 Å². The molecule has 3 aliphatic carbocycles. The van der Waals surface area contributed by atoms with Crippen molar-refractivity contribution in [1.29, 1.82) is 0 Å². The van der Waals surface area contributed by atoms with Crippen LogP contribution >= 0.6 is 23.2 Å². The third kappa shape index (κ3) is 6.16. The van der Waals surface area contributed by atoms with Crippen molar-refractivity contribution in [3.8, 4) is 0 Å². The van der Waals surface area contributed by atoms with Crippen molar-refractivity contribution >= 4 is 40.9 Å². The predicted molar refractivity (Wildman–Crippen MR) is 151 cm³/mol. The second-order valence-corrected chi connectivity index (χ2v) is 13.3. The van der Waals surface area contributed by atoms with Crippen molar-refractivity contribution in [2.75, 3.05) is 6.61 Å². The van der Waals surface area contributed by atoms with E-state index >= 15 is 4.39 Å². The van der Waals surface area contributed by atoms with E-state index in [1.54, 1.807) is 19.9 Å². The first-order valence-corrected chi connectivity index (χ1v) is 15.2. The third-order valence-electron chi connectivity index (χ3n) is 9.34. The molecule has 1 heterocycles. The van der Waals surface area contributed by atoms with Gasteiger partial charge in [-0.05, 0) is 82.8 Å². The Labute approximate surface area is 256 Å². The Morgan fingerprint density at radius 1 is 1.12 bits per heavy atom. The van der Waals surface area contributed by atoms with Gasteiger partial charge in [-0.1, -0.05) is 29.3 Å². The molecule has 1 unspecified atom stereocenters. The summed E-state index contributed by atoms with van der Waals surface area (Å²) in [5, 5.41) is 6.47. The van der Waals surface area contributed by atoms with Gasteiger partial charge in [0.25, 0.3) is 5.91 Å². The minimum Gasteiger partial charge on any atom is -0.466 e. The third-order valence-corrected chi connectivity index (χ3v) is 9.97. The number of ketones is 1. The number of esters is 1. The van der Waals surface area contributed by atoms with Crippen molar-refractivity contribution in [1.82, 2.24) is 15.1 Å². The number of carbonyl (C=O) groups excluding carboxylic acids is 3. The summed E-state index contributed by atoms with van der Waals surface area (Å²) < 4.78 is 65.4.